The van der Waals surface area contributed by atoms with E-state index in [1.54, 1.807) is 0 Å². The molecule has 5 heteroatoms. The van der Waals surface area contributed by atoms with E-state index in [1.165, 1.54) is 24.0 Å². The molecule has 0 amide bonds. The van der Waals surface area contributed by atoms with Crippen molar-refractivity contribution in [1.82, 2.24) is 5.32 Å². The standard InChI is InChI=1S/C14H23NO2.C8H10.C4H8O.CH4O/c1-2-8-14(17,12-16)9-10-15-11-13-6-4-3-5-7-13;1-2-8-6-4-3-5-7-8;1-2-4-5-3-1;1-2/h3-7,15-17H,2,8-12H2,1H3;3-7H,2H2,1H3;1-4H2;2H,1H3. The zero-order chi connectivity index (χ0) is 23.9. The Morgan fingerprint density at radius 1 is 0.844 bits per heavy atom. The Kier molecular flexibility index (Phi) is 19.9. The Morgan fingerprint density at radius 2 is 1.38 bits per heavy atom. The van der Waals surface area contributed by atoms with E-state index >= 15 is 0 Å². The van der Waals surface area contributed by atoms with Gasteiger partial charge in [0.15, 0.2) is 0 Å². The number of aliphatic hydroxyl groups excluding tert-OH is 2. The molecule has 2 aromatic rings. The van der Waals surface area contributed by atoms with Gasteiger partial charge in [-0.05, 0) is 49.8 Å². The van der Waals surface area contributed by atoms with E-state index < -0.39 is 5.60 Å². The molecule has 0 radical (unpaired) electrons. The summed E-state index contributed by atoms with van der Waals surface area (Å²) in [5.41, 5.74) is 1.72. The molecule has 1 fully saturated rings. The summed E-state index contributed by atoms with van der Waals surface area (Å²) in [7, 11) is 1.00. The normalized spacial score (nSPS) is 13.9. The van der Waals surface area contributed by atoms with Gasteiger partial charge in [-0.25, -0.2) is 0 Å². The van der Waals surface area contributed by atoms with Gasteiger partial charge in [-0.1, -0.05) is 80.9 Å². The van der Waals surface area contributed by atoms with Gasteiger partial charge in [-0.15, -0.1) is 0 Å². The predicted octanol–water partition coefficient (Wildman–Crippen LogP) is 4.34. The van der Waals surface area contributed by atoms with Crippen molar-refractivity contribution in [3.05, 3.63) is 71.8 Å². The van der Waals surface area contributed by atoms with Crippen LogP contribution in [-0.4, -0.2) is 54.4 Å². The lowest BCUT2D eigenvalue weighted by Crippen LogP contribution is -2.36. The smallest absolute Gasteiger partial charge is 0.0889 e. The highest BCUT2D eigenvalue weighted by molar-refractivity contribution is 5.14. The third-order valence-corrected chi connectivity index (χ3v) is 5.03. The Bertz CT molecular complexity index is 612. The minimum Gasteiger partial charge on any atom is -0.400 e. The van der Waals surface area contributed by atoms with Crippen LogP contribution < -0.4 is 5.32 Å². The molecule has 1 aliphatic rings. The number of hydrogen-bond donors (Lipinski definition) is 4. The van der Waals surface area contributed by atoms with Crippen LogP contribution in [0.25, 0.3) is 0 Å². The molecule has 1 saturated heterocycles. The van der Waals surface area contributed by atoms with Crippen molar-refractivity contribution in [1.29, 1.82) is 0 Å². The van der Waals surface area contributed by atoms with Gasteiger partial charge < -0.3 is 25.4 Å². The zero-order valence-corrected chi connectivity index (χ0v) is 20.3. The number of benzene rings is 2. The molecule has 32 heavy (non-hydrogen) atoms. The minimum atomic E-state index is -0.918. The van der Waals surface area contributed by atoms with Crippen LogP contribution in [0, 0.1) is 0 Å². The lowest BCUT2D eigenvalue weighted by Gasteiger charge is -2.25. The molecular weight excluding hydrogens is 402 g/mol. The molecule has 182 valence electrons. The summed E-state index contributed by atoms with van der Waals surface area (Å²) in [6.45, 7) is 7.53. The van der Waals surface area contributed by atoms with Gasteiger partial charge in [0, 0.05) is 26.9 Å². The molecule has 1 unspecified atom stereocenters. The Labute approximate surface area is 195 Å². The first kappa shape index (κ1) is 30.2. The van der Waals surface area contributed by atoms with Gasteiger partial charge in [0.05, 0.1) is 12.2 Å². The van der Waals surface area contributed by atoms with Gasteiger partial charge in [0.25, 0.3) is 0 Å². The quantitative estimate of drug-likeness (QED) is 0.430. The van der Waals surface area contributed by atoms with Crippen LogP contribution in [0.5, 0.6) is 0 Å². The van der Waals surface area contributed by atoms with E-state index in [9.17, 15) is 5.11 Å². The second kappa shape index (κ2) is 21.1. The first-order valence-corrected chi connectivity index (χ1v) is 11.8. The van der Waals surface area contributed by atoms with Crippen molar-refractivity contribution in [3.63, 3.8) is 0 Å². The number of ether oxygens (including phenoxy) is 1. The second-order valence-electron chi connectivity index (χ2n) is 7.70. The summed E-state index contributed by atoms with van der Waals surface area (Å²) in [6.07, 6.45) is 5.82. The summed E-state index contributed by atoms with van der Waals surface area (Å²) in [6, 6.07) is 20.6. The van der Waals surface area contributed by atoms with E-state index in [2.05, 4.69) is 48.6 Å². The van der Waals surface area contributed by atoms with Crippen molar-refractivity contribution in [3.8, 4) is 0 Å². The molecule has 1 aliphatic heterocycles. The van der Waals surface area contributed by atoms with Crippen LogP contribution in [0.3, 0.4) is 0 Å². The van der Waals surface area contributed by atoms with Crippen molar-refractivity contribution >= 4 is 0 Å². The lowest BCUT2D eigenvalue weighted by molar-refractivity contribution is -0.0279. The predicted molar refractivity (Wildman–Crippen MR) is 134 cm³/mol. The second-order valence-corrected chi connectivity index (χ2v) is 7.70. The Balaban J connectivity index is 0.000000522. The zero-order valence-electron chi connectivity index (χ0n) is 20.3. The van der Waals surface area contributed by atoms with Gasteiger partial charge in [-0.2, -0.15) is 0 Å². The van der Waals surface area contributed by atoms with Crippen molar-refractivity contribution in [2.75, 3.05) is 33.5 Å². The number of nitrogens with one attached hydrogen (secondary N) is 1. The van der Waals surface area contributed by atoms with Crippen LogP contribution in [0.15, 0.2) is 60.7 Å². The van der Waals surface area contributed by atoms with E-state index in [4.69, 9.17) is 14.9 Å². The van der Waals surface area contributed by atoms with Crippen molar-refractivity contribution < 1.29 is 20.1 Å². The number of hydrogen-bond acceptors (Lipinski definition) is 5. The maximum absolute atomic E-state index is 10.0. The topological polar surface area (TPSA) is 82.0 Å². The highest BCUT2D eigenvalue weighted by Crippen LogP contribution is 2.15. The van der Waals surface area contributed by atoms with Gasteiger partial charge in [0.2, 0.25) is 0 Å². The summed E-state index contributed by atoms with van der Waals surface area (Å²) in [5.74, 6) is 0. The average molecular weight is 448 g/mol. The molecular formula is C27H45NO4. The highest BCUT2D eigenvalue weighted by Gasteiger charge is 2.23. The monoisotopic (exact) mass is 447 g/mol. The summed E-state index contributed by atoms with van der Waals surface area (Å²) >= 11 is 0. The third kappa shape index (κ3) is 16.0. The number of aryl methyl sites for hydroxylation is 1. The molecule has 4 N–H and O–H groups in total. The fourth-order valence-electron chi connectivity index (χ4n) is 3.12. The Hall–Kier alpha value is -1.76. The van der Waals surface area contributed by atoms with Crippen LogP contribution >= 0.6 is 0 Å². The highest BCUT2D eigenvalue weighted by atomic mass is 16.5. The molecule has 2 aromatic carbocycles. The molecule has 0 spiro atoms. The first-order chi connectivity index (χ1) is 15.6. The fraction of sp³-hybridized carbons (Fsp3) is 0.556. The van der Waals surface area contributed by atoms with Gasteiger partial charge in [0.1, 0.15) is 0 Å². The van der Waals surface area contributed by atoms with Crippen LogP contribution in [0.4, 0.5) is 0 Å². The first-order valence-electron chi connectivity index (χ1n) is 11.8. The SMILES string of the molecule is C1CCOC1.CCCC(O)(CO)CCNCc1ccccc1.CCc1ccccc1.CO. The maximum atomic E-state index is 10.0. The number of aliphatic hydroxyl groups is 3. The van der Waals surface area contributed by atoms with Crippen LogP contribution in [0.2, 0.25) is 0 Å². The van der Waals surface area contributed by atoms with E-state index in [1.807, 2.05) is 31.2 Å². The summed E-state index contributed by atoms with van der Waals surface area (Å²) < 4.78 is 4.94. The minimum absolute atomic E-state index is 0.159. The molecule has 0 saturated carbocycles. The third-order valence-electron chi connectivity index (χ3n) is 5.03. The fourth-order valence-corrected chi connectivity index (χ4v) is 3.12. The molecule has 0 aromatic heterocycles. The molecule has 1 atom stereocenters. The summed E-state index contributed by atoms with van der Waals surface area (Å²) in [5, 5.41) is 29.5. The van der Waals surface area contributed by atoms with Crippen molar-refractivity contribution in [2.45, 2.75) is 64.5 Å². The largest absolute Gasteiger partial charge is 0.400 e. The summed E-state index contributed by atoms with van der Waals surface area (Å²) in [4.78, 5) is 0. The molecule has 5 nitrogen and oxygen atoms in total. The Morgan fingerprint density at radius 3 is 1.75 bits per heavy atom. The number of rotatable bonds is 9. The molecule has 3 rings (SSSR count). The van der Waals surface area contributed by atoms with Crippen LogP contribution in [-0.2, 0) is 17.7 Å². The van der Waals surface area contributed by atoms with Crippen molar-refractivity contribution in [2.24, 2.45) is 0 Å². The van der Waals surface area contributed by atoms with Gasteiger partial charge >= 0.3 is 0 Å². The van der Waals surface area contributed by atoms with Gasteiger partial charge in [-0.3, -0.25) is 0 Å². The average Bonchev–Trinajstić information content (AvgIpc) is 3.45. The van der Waals surface area contributed by atoms with Crippen LogP contribution in [0.1, 0.15) is 57.1 Å². The molecule has 0 bridgehead atoms. The van der Waals surface area contributed by atoms with E-state index in [0.717, 1.165) is 39.7 Å². The van der Waals surface area contributed by atoms with E-state index in [0.29, 0.717) is 19.4 Å². The van der Waals surface area contributed by atoms with E-state index in [-0.39, 0.29) is 6.61 Å². The molecule has 0 aliphatic carbocycles. The lowest BCUT2D eigenvalue weighted by atomic mass is 9.95. The molecule has 1 heterocycles. The maximum Gasteiger partial charge on any atom is 0.0889 e.